The van der Waals surface area contributed by atoms with Gasteiger partial charge in [0, 0.05) is 31.6 Å². The van der Waals surface area contributed by atoms with Gasteiger partial charge in [-0.3, -0.25) is 0 Å². The first-order chi connectivity index (χ1) is 9.65. The second kappa shape index (κ2) is 5.70. The highest BCUT2D eigenvalue weighted by atomic mass is 19.1. The number of para-hydroxylation sites is 1. The van der Waals surface area contributed by atoms with Crippen molar-refractivity contribution in [2.45, 2.75) is 44.9 Å². The van der Waals surface area contributed by atoms with Gasteiger partial charge in [0.25, 0.3) is 0 Å². The van der Waals surface area contributed by atoms with Crippen LogP contribution in [-0.2, 0) is 6.54 Å². The highest BCUT2D eigenvalue weighted by Crippen LogP contribution is 2.31. The van der Waals surface area contributed by atoms with Gasteiger partial charge in [-0.15, -0.1) is 0 Å². The molecule has 2 unspecified atom stereocenters. The molecule has 1 aliphatic heterocycles. The van der Waals surface area contributed by atoms with Crippen LogP contribution in [-0.4, -0.2) is 30.3 Å². The molecule has 0 radical (unpaired) electrons. The van der Waals surface area contributed by atoms with E-state index in [0.29, 0.717) is 6.04 Å². The van der Waals surface area contributed by atoms with Gasteiger partial charge in [-0.25, -0.2) is 4.39 Å². The van der Waals surface area contributed by atoms with Crippen LogP contribution in [0.4, 0.5) is 10.1 Å². The molecule has 1 aromatic carbocycles. The van der Waals surface area contributed by atoms with Gasteiger partial charge < -0.3 is 15.3 Å². The zero-order chi connectivity index (χ0) is 14.1. The van der Waals surface area contributed by atoms with Crippen molar-refractivity contribution in [2.75, 3.05) is 18.0 Å². The molecule has 2 aliphatic rings. The first-order valence-electron chi connectivity index (χ1n) is 7.59. The predicted octanol–water partition coefficient (Wildman–Crippen LogP) is 2.28. The third-order valence-electron chi connectivity index (χ3n) is 4.45. The molecule has 0 spiro atoms. The number of benzene rings is 1. The minimum Gasteiger partial charge on any atom is -0.393 e. The lowest BCUT2D eigenvalue weighted by molar-refractivity contribution is 0.136. The molecule has 110 valence electrons. The van der Waals surface area contributed by atoms with Gasteiger partial charge in [-0.05, 0) is 37.8 Å². The highest BCUT2D eigenvalue weighted by molar-refractivity contribution is 5.55. The van der Waals surface area contributed by atoms with E-state index in [4.69, 9.17) is 0 Å². The van der Waals surface area contributed by atoms with E-state index >= 15 is 0 Å². The molecule has 1 aliphatic carbocycles. The zero-order valence-corrected chi connectivity index (χ0v) is 12.0. The number of nitrogens with one attached hydrogen (secondary N) is 1. The Balaban J connectivity index is 1.76. The summed E-state index contributed by atoms with van der Waals surface area (Å²) in [5, 5.41) is 13.2. The molecule has 4 heteroatoms. The fraction of sp³-hybridized carbons (Fsp3) is 0.625. The number of aliphatic hydroxyl groups is 1. The summed E-state index contributed by atoms with van der Waals surface area (Å²) in [7, 11) is 0. The number of aliphatic hydroxyl groups excluding tert-OH is 1. The van der Waals surface area contributed by atoms with Crippen LogP contribution in [0.5, 0.6) is 0 Å². The third kappa shape index (κ3) is 2.96. The Bertz CT molecular complexity index is 474. The molecule has 3 rings (SSSR count). The number of nitrogens with zero attached hydrogens (tertiary/aromatic N) is 1. The van der Waals surface area contributed by atoms with Crippen LogP contribution in [0.2, 0.25) is 0 Å². The molecular weight excluding hydrogens is 255 g/mol. The van der Waals surface area contributed by atoms with E-state index in [1.807, 2.05) is 13.0 Å². The van der Waals surface area contributed by atoms with Gasteiger partial charge in [0.15, 0.2) is 0 Å². The van der Waals surface area contributed by atoms with Crippen LogP contribution in [0.1, 0.15) is 31.7 Å². The lowest BCUT2D eigenvalue weighted by Gasteiger charge is -2.23. The SMILES string of the molecule is CC(O)C1CCN(c2c(F)cccc2CNC2CC2)C1. The Morgan fingerprint density at radius 3 is 2.85 bits per heavy atom. The largest absolute Gasteiger partial charge is 0.393 e. The van der Waals surface area contributed by atoms with Gasteiger partial charge in [0.2, 0.25) is 0 Å². The number of hydrogen-bond acceptors (Lipinski definition) is 3. The normalized spacial score (nSPS) is 24.1. The van der Waals surface area contributed by atoms with Crippen LogP contribution in [0.25, 0.3) is 0 Å². The van der Waals surface area contributed by atoms with E-state index in [1.54, 1.807) is 6.07 Å². The fourth-order valence-electron chi connectivity index (χ4n) is 2.98. The summed E-state index contributed by atoms with van der Waals surface area (Å²) < 4.78 is 14.2. The van der Waals surface area contributed by atoms with Crippen molar-refractivity contribution < 1.29 is 9.50 Å². The van der Waals surface area contributed by atoms with E-state index in [0.717, 1.165) is 37.3 Å². The van der Waals surface area contributed by atoms with Crippen molar-refractivity contribution >= 4 is 5.69 Å². The summed E-state index contributed by atoms with van der Waals surface area (Å²) >= 11 is 0. The smallest absolute Gasteiger partial charge is 0.146 e. The molecule has 0 amide bonds. The van der Waals surface area contributed by atoms with Crippen molar-refractivity contribution in [3.8, 4) is 0 Å². The molecule has 1 saturated heterocycles. The standard InChI is InChI=1S/C16H23FN2O/c1-11(20)13-7-8-19(10-13)16-12(3-2-4-15(16)17)9-18-14-5-6-14/h2-4,11,13-14,18,20H,5-10H2,1H3. The fourth-order valence-corrected chi connectivity index (χ4v) is 2.98. The Labute approximate surface area is 119 Å². The minimum absolute atomic E-state index is 0.147. The Morgan fingerprint density at radius 1 is 1.40 bits per heavy atom. The van der Waals surface area contributed by atoms with Crippen molar-refractivity contribution in [1.29, 1.82) is 0 Å². The summed E-state index contributed by atoms with van der Waals surface area (Å²) in [6.45, 7) is 4.13. The summed E-state index contributed by atoms with van der Waals surface area (Å²) in [5.74, 6) is 0.102. The van der Waals surface area contributed by atoms with Crippen molar-refractivity contribution in [3.05, 3.63) is 29.6 Å². The molecule has 2 fully saturated rings. The lowest BCUT2D eigenvalue weighted by Crippen LogP contribution is -2.27. The second-order valence-corrected chi connectivity index (χ2v) is 6.14. The van der Waals surface area contributed by atoms with Gasteiger partial charge >= 0.3 is 0 Å². The van der Waals surface area contributed by atoms with Gasteiger partial charge in [-0.1, -0.05) is 12.1 Å². The molecule has 3 nitrogen and oxygen atoms in total. The Morgan fingerprint density at radius 2 is 2.20 bits per heavy atom. The number of anilines is 1. The maximum atomic E-state index is 14.2. The van der Waals surface area contributed by atoms with Gasteiger partial charge in [-0.2, -0.15) is 0 Å². The van der Waals surface area contributed by atoms with Crippen molar-refractivity contribution in [3.63, 3.8) is 0 Å². The number of rotatable bonds is 5. The van der Waals surface area contributed by atoms with Crippen LogP contribution >= 0.6 is 0 Å². The topological polar surface area (TPSA) is 35.5 Å². The van der Waals surface area contributed by atoms with Gasteiger partial charge in [0.1, 0.15) is 5.82 Å². The molecular formula is C16H23FN2O. The van der Waals surface area contributed by atoms with E-state index in [2.05, 4.69) is 10.2 Å². The Kier molecular flexibility index (Phi) is 3.94. The van der Waals surface area contributed by atoms with E-state index < -0.39 is 0 Å². The quantitative estimate of drug-likeness (QED) is 0.867. The minimum atomic E-state index is -0.320. The maximum absolute atomic E-state index is 14.2. The van der Waals surface area contributed by atoms with Crippen molar-refractivity contribution in [1.82, 2.24) is 5.32 Å². The van der Waals surface area contributed by atoms with E-state index in [1.165, 1.54) is 18.9 Å². The van der Waals surface area contributed by atoms with Crippen LogP contribution in [0.3, 0.4) is 0 Å². The van der Waals surface area contributed by atoms with Crippen LogP contribution in [0.15, 0.2) is 18.2 Å². The van der Waals surface area contributed by atoms with E-state index in [-0.39, 0.29) is 17.8 Å². The van der Waals surface area contributed by atoms with Crippen LogP contribution in [0, 0.1) is 11.7 Å². The average molecular weight is 278 g/mol. The monoisotopic (exact) mass is 278 g/mol. The molecule has 0 aromatic heterocycles. The molecule has 1 saturated carbocycles. The first kappa shape index (κ1) is 13.8. The Hall–Kier alpha value is -1.13. The molecule has 0 bridgehead atoms. The lowest BCUT2D eigenvalue weighted by atomic mass is 10.0. The summed E-state index contributed by atoms with van der Waals surface area (Å²) in [4.78, 5) is 2.09. The summed E-state index contributed by atoms with van der Waals surface area (Å²) in [5.41, 5.74) is 1.76. The molecule has 1 aromatic rings. The molecule has 2 atom stereocenters. The molecule has 2 N–H and O–H groups in total. The second-order valence-electron chi connectivity index (χ2n) is 6.14. The molecule has 20 heavy (non-hydrogen) atoms. The average Bonchev–Trinajstić information content (AvgIpc) is 3.12. The molecule has 1 heterocycles. The summed E-state index contributed by atoms with van der Waals surface area (Å²) in [6.07, 6.45) is 3.08. The zero-order valence-electron chi connectivity index (χ0n) is 12.0. The third-order valence-corrected chi connectivity index (χ3v) is 4.45. The van der Waals surface area contributed by atoms with Crippen molar-refractivity contribution in [2.24, 2.45) is 5.92 Å². The van der Waals surface area contributed by atoms with E-state index in [9.17, 15) is 9.50 Å². The highest BCUT2D eigenvalue weighted by Gasteiger charge is 2.29. The summed E-state index contributed by atoms with van der Waals surface area (Å²) in [6, 6.07) is 5.94. The maximum Gasteiger partial charge on any atom is 0.146 e. The number of halogens is 1. The number of hydrogen-bond donors (Lipinski definition) is 2. The first-order valence-corrected chi connectivity index (χ1v) is 7.59. The predicted molar refractivity (Wildman–Crippen MR) is 78.3 cm³/mol. The van der Waals surface area contributed by atoms with Gasteiger partial charge in [0.05, 0.1) is 11.8 Å². The van der Waals surface area contributed by atoms with Crippen LogP contribution < -0.4 is 10.2 Å².